The van der Waals surface area contributed by atoms with Crippen molar-refractivity contribution in [1.82, 2.24) is 15.2 Å². The summed E-state index contributed by atoms with van der Waals surface area (Å²) in [6.07, 6.45) is 0.579. The summed E-state index contributed by atoms with van der Waals surface area (Å²) in [4.78, 5) is 30.5. The van der Waals surface area contributed by atoms with E-state index in [1.165, 1.54) is 0 Å². The van der Waals surface area contributed by atoms with Gasteiger partial charge in [0.05, 0.1) is 6.04 Å². The summed E-state index contributed by atoms with van der Waals surface area (Å²) in [5.74, 6) is 0. The second-order valence-corrected chi connectivity index (χ2v) is 7.74. The maximum absolute atomic E-state index is 12.8. The number of hydrogen-bond donors (Lipinski definition) is 2. The Kier molecular flexibility index (Phi) is 4.94. The van der Waals surface area contributed by atoms with Crippen LogP contribution in [-0.4, -0.2) is 36.1 Å². The molecule has 0 aliphatic carbocycles. The van der Waals surface area contributed by atoms with Crippen LogP contribution in [0.3, 0.4) is 0 Å². The number of aromatic nitrogens is 1. The number of nitrogens with one attached hydrogen (secondary N) is 2. The standard InChI is InChI=1S/C24H23N3O3/c28-23-19(14-16-5-1-3-7-20(16)26-23)21-15-25-10-12-27(21)11-9-18-13-17-6-2-4-8-22(17)30-24(18)29/h1-8,13-14,21,25H,9-12,15H2,(H,26,28). The van der Waals surface area contributed by atoms with Gasteiger partial charge in [-0.25, -0.2) is 4.79 Å². The van der Waals surface area contributed by atoms with E-state index >= 15 is 0 Å². The fraction of sp³-hybridized carbons (Fsp3) is 0.250. The Balaban J connectivity index is 1.43. The fourth-order valence-electron chi connectivity index (χ4n) is 4.28. The van der Waals surface area contributed by atoms with Crippen molar-refractivity contribution < 1.29 is 4.42 Å². The molecule has 2 aromatic carbocycles. The highest BCUT2D eigenvalue weighted by Gasteiger charge is 2.26. The molecule has 0 spiro atoms. The number of rotatable bonds is 4. The van der Waals surface area contributed by atoms with Crippen molar-refractivity contribution in [1.29, 1.82) is 0 Å². The second-order valence-electron chi connectivity index (χ2n) is 7.74. The highest BCUT2D eigenvalue weighted by atomic mass is 16.4. The van der Waals surface area contributed by atoms with Crippen molar-refractivity contribution in [2.24, 2.45) is 0 Å². The first kappa shape index (κ1) is 18.8. The van der Waals surface area contributed by atoms with Gasteiger partial charge < -0.3 is 14.7 Å². The normalized spacial score (nSPS) is 17.5. The SMILES string of the molecule is O=c1[nH]c2ccccc2cc1C1CNCCN1CCc1cc2ccccc2oc1=O. The summed E-state index contributed by atoms with van der Waals surface area (Å²) in [7, 11) is 0. The van der Waals surface area contributed by atoms with Crippen LogP contribution in [0.1, 0.15) is 17.2 Å². The van der Waals surface area contributed by atoms with Crippen LogP contribution < -0.4 is 16.5 Å². The molecule has 30 heavy (non-hydrogen) atoms. The van der Waals surface area contributed by atoms with Crippen LogP contribution >= 0.6 is 0 Å². The molecule has 0 amide bonds. The molecular formula is C24H23N3O3. The number of benzene rings is 2. The number of fused-ring (bicyclic) bond motifs is 2. The Hall–Kier alpha value is -3.22. The molecule has 0 bridgehead atoms. The quantitative estimate of drug-likeness (QED) is 0.514. The minimum Gasteiger partial charge on any atom is -0.423 e. The summed E-state index contributed by atoms with van der Waals surface area (Å²) < 4.78 is 5.47. The Bertz CT molecular complexity index is 1320. The van der Waals surface area contributed by atoms with Gasteiger partial charge in [0.25, 0.3) is 5.56 Å². The minimum absolute atomic E-state index is 0.0420. The van der Waals surface area contributed by atoms with Crippen LogP contribution in [0, 0.1) is 0 Å². The molecule has 1 unspecified atom stereocenters. The monoisotopic (exact) mass is 401 g/mol. The topological polar surface area (TPSA) is 78.3 Å². The molecule has 4 aromatic rings. The summed E-state index contributed by atoms with van der Waals surface area (Å²) in [6, 6.07) is 19.2. The van der Waals surface area contributed by atoms with Gasteiger partial charge in [-0.1, -0.05) is 36.4 Å². The largest absolute Gasteiger partial charge is 0.423 e. The van der Waals surface area contributed by atoms with Crippen LogP contribution in [-0.2, 0) is 6.42 Å². The molecule has 2 N–H and O–H groups in total. The molecule has 1 aliphatic heterocycles. The Morgan fingerprint density at radius 2 is 1.80 bits per heavy atom. The van der Waals surface area contributed by atoms with E-state index in [2.05, 4.69) is 15.2 Å². The van der Waals surface area contributed by atoms with E-state index in [-0.39, 0.29) is 17.2 Å². The van der Waals surface area contributed by atoms with Crippen molar-refractivity contribution in [3.05, 3.63) is 92.6 Å². The lowest BCUT2D eigenvalue weighted by molar-refractivity contribution is 0.162. The number of pyridine rings is 1. The highest BCUT2D eigenvalue weighted by Crippen LogP contribution is 2.22. The first-order chi connectivity index (χ1) is 14.7. The molecule has 152 valence electrons. The number of H-pyrrole nitrogens is 1. The first-order valence-electron chi connectivity index (χ1n) is 10.3. The van der Waals surface area contributed by atoms with Crippen LogP contribution in [0.2, 0.25) is 0 Å². The zero-order valence-corrected chi connectivity index (χ0v) is 16.6. The number of aromatic amines is 1. The van der Waals surface area contributed by atoms with E-state index < -0.39 is 0 Å². The molecule has 1 atom stereocenters. The minimum atomic E-state index is -0.288. The third-order valence-electron chi connectivity index (χ3n) is 5.88. The van der Waals surface area contributed by atoms with Crippen molar-refractivity contribution >= 4 is 21.9 Å². The molecule has 1 saturated heterocycles. The zero-order valence-electron chi connectivity index (χ0n) is 16.6. The molecule has 3 heterocycles. The second kappa shape index (κ2) is 7.89. The maximum atomic E-state index is 12.8. The highest BCUT2D eigenvalue weighted by molar-refractivity contribution is 5.79. The molecule has 1 aliphatic rings. The van der Waals surface area contributed by atoms with Gasteiger partial charge in [0.1, 0.15) is 5.58 Å². The summed E-state index contributed by atoms with van der Waals surface area (Å²) in [5, 5.41) is 5.34. The van der Waals surface area contributed by atoms with E-state index in [0.717, 1.165) is 34.9 Å². The van der Waals surface area contributed by atoms with Gasteiger partial charge in [0.15, 0.2) is 0 Å². The van der Waals surface area contributed by atoms with E-state index in [9.17, 15) is 9.59 Å². The molecule has 5 rings (SSSR count). The van der Waals surface area contributed by atoms with Crippen molar-refractivity contribution in [2.75, 3.05) is 26.2 Å². The lowest BCUT2D eigenvalue weighted by Crippen LogP contribution is -2.48. The zero-order chi connectivity index (χ0) is 20.5. The Morgan fingerprint density at radius 3 is 2.70 bits per heavy atom. The van der Waals surface area contributed by atoms with Gasteiger partial charge in [0.2, 0.25) is 0 Å². The van der Waals surface area contributed by atoms with Crippen molar-refractivity contribution in [2.45, 2.75) is 12.5 Å². The lowest BCUT2D eigenvalue weighted by atomic mass is 10.0. The molecule has 6 nitrogen and oxygen atoms in total. The van der Waals surface area contributed by atoms with Crippen LogP contribution in [0.25, 0.3) is 21.9 Å². The van der Waals surface area contributed by atoms with Gasteiger partial charge in [0, 0.05) is 48.2 Å². The van der Waals surface area contributed by atoms with E-state index in [0.29, 0.717) is 30.7 Å². The molecular weight excluding hydrogens is 378 g/mol. The summed E-state index contributed by atoms with van der Waals surface area (Å²) >= 11 is 0. The van der Waals surface area contributed by atoms with Gasteiger partial charge >= 0.3 is 5.63 Å². The Morgan fingerprint density at radius 1 is 1.00 bits per heavy atom. The predicted octanol–water partition coefficient (Wildman–Crippen LogP) is 2.82. The molecule has 0 saturated carbocycles. The fourth-order valence-corrected chi connectivity index (χ4v) is 4.28. The average molecular weight is 401 g/mol. The average Bonchev–Trinajstić information content (AvgIpc) is 2.77. The van der Waals surface area contributed by atoms with Gasteiger partial charge in [-0.05, 0) is 36.1 Å². The number of nitrogens with zero attached hydrogens (tertiary/aromatic N) is 1. The van der Waals surface area contributed by atoms with Crippen LogP contribution in [0.15, 0.2) is 74.7 Å². The summed E-state index contributed by atoms with van der Waals surface area (Å²) in [6.45, 7) is 3.06. The van der Waals surface area contributed by atoms with Crippen LogP contribution in [0.4, 0.5) is 0 Å². The van der Waals surface area contributed by atoms with Crippen LogP contribution in [0.5, 0.6) is 0 Å². The van der Waals surface area contributed by atoms with Gasteiger partial charge in [-0.2, -0.15) is 0 Å². The number of para-hydroxylation sites is 2. The van der Waals surface area contributed by atoms with E-state index in [1.807, 2.05) is 54.6 Å². The number of piperazine rings is 1. The maximum Gasteiger partial charge on any atom is 0.339 e. The first-order valence-corrected chi connectivity index (χ1v) is 10.3. The van der Waals surface area contributed by atoms with E-state index in [4.69, 9.17) is 4.42 Å². The van der Waals surface area contributed by atoms with Gasteiger partial charge in [-0.3, -0.25) is 9.69 Å². The summed E-state index contributed by atoms with van der Waals surface area (Å²) in [5.41, 5.74) is 2.52. The van der Waals surface area contributed by atoms with Crippen molar-refractivity contribution in [3.8, 4) is 0 Å². The third kappa shape index (κ3) is 3.56. The molecule has 2 aromatic heterocycles. The molecule has 1 fully saturated rings. The molecule has 6 heteroatoms. The Labute approximate surface area is 173 Å². The third-order valence-corrected chi connectivity index (χ3v) is 5.88. The van der Waals surface area contributed by atoms with E-state index in [1.54, 1.807) is 6.07 Å². The lowest BCUT2D eigenvalue weighted by Gasteiger charge is -2.36. The van der Waals surface area contributed by atoms with Gasteiger partial charge in [-0.15, -0.1) is 0 Å². The predicted molar refractivity (Wildman–Crippen MR) is 118 cm³/mol. The van der Waals surface area contributed by atoms with Crippen molar-refractivity contribution in [3.63, 3.8) is 0 Å². The molecule has 0 radical (unpaired) electrons. The number of hydrogen-bond acceptors (Lipinski definition) is 5. The smallest absolute Gasteiger partial charge is 0.339 e.